The number of ether oxygens (including phenoxy) is 1. The molecule has 0 aliphatic carbocycles. The van der Waals surface area contributed by atoms with Crippen molar-refractivity contribution in [2.75, 3.05) is 19.8 Å². The molecule has 0 aliphatic rings. The first kappa shape index (κ1) is 17.0. The zero-order chi connectivity index (χ0) is 15.2. The van der Waals surface area contributed by atoms with Crippen LogP contribution in [-0.2, 0) is 14.8 Å². The molecule has 114 valence electrons. The van der Waals surface area contributed by atoms with Gasteiger partial charge in [-0.05, 0) is 24.6 Å². The van der Waals surface area contributed by atoms with E-state index >= 15 is 0 Å². The molecular weight excluding hydrogens is 292 g/mol. The molecule has 0 saturated heterocycles. The minimum absolute atomic E-state index is 0.0377. The van der Waals surface area contributed by atoms with E-state index in [4.69, 9.17) is 0 Å². The van der Waals surface area contributed by atoms with Crippen molar-refractivity contribution in [1.82, 2.24) is 4.72 Å². The van der Waals surface area contributed by atoms with E-state index in [1.165, 1.54) is 24.3 Å². The van der Waals surface area contributed by atoms with Crippen molar-refractivity contribution >= 4 is 10.0 Å². The number of hydrogen-bond donors (Lipinski definition) is 2. The molecule has 0 saturated carbocycles. The molecule has 0 radical (unpaired) electrons. The van der Waals surface area contributed by atoms with Crippen LogP contribution in [0.2, 0.25) is 0 Å². The van der Waals surface area contributed by atoms with E-state index in [-0.39, 0.29) is 18.0 Å². The van der Waals surface area contributed by atoms with Crippen LogP contribution in [-0.4, -0.2) is 39.7 Å². The molecule has 1 unspecified atom stereocenters. The SMILES string of the molecule is CC(O)c1ccc(S(=O)(=O)NCCOCC(F)F)cc1. The molecule has 0 amide bonds. The molecule has 0 heterocycles. The quantitative estimate of drug-likeness (QED) is 0.710. The Labute approximate surface area is 116 Å². The fraction of sp³-hybridized carbons (Fsp3) is 0.500. The van der Waals surface area contributed by atoms with E-state index in [0.717, 1.165) is 0 Å². The highest BCUT2D eigenvalue weighted by Crippen LogP contribution is 2.15. The van der Waals surface area contributed by atoms with Gasteiger partial charge < -0.3 is 9.84 Å². The summed E-state index contributed by atoms with van der Waals surface area (Å²) in [7, 11) is -3.70. The first-order chi connectivity index (χ1) is 9.33. The number of rotatable bonds is 8. The predicted octanol–water partition coefficient (Wildman–Crippen LogP) is 1.30. The molecule has 2 N–H and O–H groups in total. The highest BCUT2D eigenvalue weighted by molar-refractivity contribution is 7.89. The van der Waals surface area contributed by atoms with Crippen LogP contribution in [0.5, 0.6) is 0 Å². The van der Waals surface area contributed by atoms with E-state index in [9.17, 15) is 22.3 Å². The highest BCUT2D eigenvalue weighted by atomic mass is 32.2. The third-order valence-electron chi connectivity index (χ3n) is 2.46. The van der Waals surface area contributed by atoms with Crippen LogP contribution in [0.3, 0.4) is 0 Å². The smallest absolute Gasteiger partial charge is 0.261 e. The second-order valence-electron chi connectivity index (χ2n) is 4.11. The van der Waals surface area contributed by atoms with Crippen LogP contribution in [0, 0.1) is 0 Å². The lowest BCUT2D eigenvalue weighted by atomic mass is 10.1. The van der Waals surface area contributed by atoms with E-state index < -0.39 is 29.2 Å². The number of sulfonamides is 1. The Kier molecular flexibility index (Phi) is 6.47. The van der Waals surface area contributed by atoms with Gasteiger partial charge in [0.2, 0.25) is 10.0 Å². The summed E-state index contributed by atoms with van der Waals surface area (Å²) in [6, 6.07) is 5.74. The molecule has 5 nitrogen and oxygen atoms in total. The van der Waals surface area contributed by atoms with Gasteiger partial charge in [0.1, 0.15) is 6.61 Å². The Morgan fingerprint density at radius 3 is 2.40 bits per heavy atom. The molecule has 0 fully saturated rings. The summed E-state index contributed by atoms with van der Waals surface area (Å²) in [4.78, 5) is 0.0377. The van der Waals surface area contributed by atoms with Gasteiger partial charge in [-0.25, -0.2) is 21.9 Å². The second-order valence-corrected chi connectivity index (χ2v) is 5.88. The number of nitrogens with one attached hydrogen (secondary N) is 1. The number of hydrogen-bond acceptors (Lipinski definition) is 4. The minimum atomic E-state index is -3.70. The Balaban J connectivity index is 2.52. The van der Waals surface area contributed by atoms with Gasteiger partial charge in [0.15, 0.2) is 0 Å². The van der Waals surface area contributed by atoms with Crippen LogP contribution in [0.4, 0.5) is 8.78 Å². The van der Waals surface area contributed by atoms with Crippen LogP contribution >= 0.6 is 0 Å². The average molecular weight is 309 g/mol. The van der Waals surface area contributed by atoms with Gasteiger partial charge in [-0.3, -0.25) is 0 Å². The monoisotopic (exact) mass is 309 g/mol. The number of alkyl halides is 2. The molecule has 1 aromatic carbocycles. The number of halogens is 2. The Bertz CT molecular complexity index is 503. The first-order valence-electron chi connectivity index (χ1n) is 5.96. The molecule has 0 bridgehead atoms. The zero-order valence-electron chi connectivity index (χ0n) is 10.9. The summed E-state index contributed by atoms with van der Waals surface area (Å²) in [5.74, 6) is 0. The third-order valence-corrected chi connectivity index (χ3v) is 3.93. The van der Waals surface area contributed by atoms with Gasteiger partial charge in [0.05, 0.1) is 17.6 Å². The molecule has 0 spiro atoms. The van der Waals surface area contributed by atoms with Crippen molar-refractivity contribution in [3.05, 3.63) is 29.8 Å². The number of aliphatic hydroxyl groups excluding tert-OH is 1. The van der Waals surface area contributed by atoms with Gasteiger partial charge in [-0.2, -0.15) is 0 Å². The van der Waals surface area contributed by atoms with Crippen LogP contribution in [0.1, 0.15) is 18.6 Å². The normalized spacial score (nSPS) is 13.7. The Morgan fingerprint density at radius 1 is 1.30 bits per heavy atom. The summed E-state index contributed by atoms with van der Waals surface area (Å²) in [6.45, 7) is 0.634. The molecular formula is C12H17F2NO4S. The van der Waals surface area contributed by atoms with Crippen molar-refractivity contribution in [2.24, 2.45) is 0 Å². The lowest BCUT2D eigenvalue weighted by molar-refractivity contribution is 0.0199. The molecule has 1 rings (SSSR count). The fourth-order valence-corrected chi connectivity index (χ4v) is 2.44. The lowest BCUT2D eigenvalue weighted by Crippen LogP contribution is -2.28. The fourth-order valence-electron chi connectivity index (χ4n) is 1.43. The van der Waals surface area contributed by atoms with Gasteiger partial charge in [-0.15, -0.1) is 0 Å². The maximum atomic E-state index is 11.8. The second kappa shape index (κ2) is 7.63. The molecule has 1 aromatic rings. The van der Waals surface area contributed by atoms with E-state index in [0.29, 0.717) is 5.56 Å². The maximum absolute atomic E-state index is 11.8. The maximum Gasteiger partial charge on any atom is 0.261 e. The van der Waals surface area contributed by atoms with Crippen molar-refractivity contribution in [1.29, 1.82) is 0 Å². The van der Waals surface area contributed by atoms with Gasteiger partial charge >= 0.3 is 0 Å². The average Bonchev–Trinajstić information content (AvgIpc) is 2.38. The van der Waals surface area contributed by atoms with E-state index in [1.54, 1.807) is 6.92 Å². The van der Waals surface area contributed by atoms with Crippen LogP contribution in [0.25, 0.3) is 0 Å². The summed E-state index contributed by atoms with van der Waals surface area (Å²) in [5, 5.41) is 9.32. The standard InChI is InChI=1S/C12H17F2NO4S/c1-9(16)10-2-4-11(5-3-10)20(17,18)15-6-7-19-8-12(13)14/h2-5,9,12,15-16H,6-8H2,1H3. The van der Waals surface area contributed by atoms with E-state index in [1.807, 2.05) is 0 Å². The first-order valence-corrected chi connectivity index (χ1v) is 7.45. The zero-order valence-corrected chi connectivity index (χ0v) is 11.7. The van der Waals surface area contributed by atoms with Crippen LogP contribution < -0.4 is 4.72 Å². The van der Waals surface area contributed by atoms with Crippen molar-refractivity contribution in [3.8, 4) is 0 Å². The summed E-state index contributed by atoms with van der Waals surface area (Å²) >= 11 is 0. The molecule has 0 aliphatic heterocycles. The molecule has 8 heteroatoms. The van der Waals surface area contributed by atoms with Crippen molar-refractivity contribution in [3.63, 3.8) is 0 Å². The van der Waals surface area contributed by atoms with Gasteiger partial charge in [-0.1, -0.05) is 12.1 Å². The molecule has 1 atom stereocenters. The largest absolute Gasteiger partial charge is 0.389 e. The van der Waals surface area contributed by atoms with Crippen molar-refractivity contribution < 1.29 is 27.0 Å². The summed E-state index contributed by atoms with van der Waals surface area (Å²) < 4.78 is 54.0. The third kappa shape index (κ3) is 5.49. The topological polar surface area (TPSA) is 75.6 Å². The molecule has 20 heavy (non-hydrogen) atoms. The Morgan fingerprint density at radius 2 is 1.90 bits per heavy atom. The van der Waals surface area contributed by atoms with Crippen molar-refractivity contribution in [2.45, 2.75) is 24.3 Å². The Hall–Kier alpha value is -1.09. The number of aliphatic hydroxyl groups is 1. The summed E-state index contributed by atoms with van der Waals surface area (Å²) in [6.07, 6.45) is -3.25. The van der Waals surface area contributed by atoms with Crippen LogP contribution in [0.15, 0.2) is 29.2 Å². The van der Waals surface area contributed by atoms with Gasteiger partial charge in [0, 0.05) is 6.54 Å². The summed E-state index contributed by atoms with van der Waals surface area (Å²) in [5.41, 5.74) is 0.601. The minimum Gasteiger partial charge on any atom is -0.389 e. The predicted molar refractivity (Wildman–Crippen MR) is 69.1 cm³/mol. The lowest BCUT2D eigenvalue weighted by Gasteiger charge is -2.09. The van der Waals surface area contributed by atoms with Gasteiger partial charge in [0.25, 0.3) is 6.43 Å². The molecule has 0 aromatic heterocycles. The highest BCUT2D eigenvalue weighted by Gasteiger charge is 2.13. The van der Waals surface area contributed by atoms with E-state index in [2.05, 4.69) is 9.46 Å². The number of benzene rings is 1.